The Labute approximate surface area is 104 Å². The molecule has 16 heavy (non-hydrogen) atoms. The Balaban J connectivity index is 1.81. The maximum atomic E-state index is 5.51. The molecule has 2 heterocycles. The van der Waals surface area contributed by atoms with Crippen LogP contribution in [0.5, 0.6) is 0 Å². The van der Waals surface area contributed by atoms with Crippen molar-refractivity contribution >= 4 is 21.9 Å². The van der Waals surface area contributed by atoms with Gasteiger partial charge < -0.3 is 10.6 Å². The van der Waals surface area contributed by atoms with Gasteiger partial charge in [-0.25, -0.2) is 4.68 Å². The summed E-state index contributed by atoms with van der Waals surface area (Å²) in [6.07, 6.45) is 0. The van der Waals surface area contributed by atoms with Crippen LogP contribution in [0.25, 0.3) is 0 Å². The summed E-state index contributed by atoms with van der Waals surface area (Å²) in [5.74, 6) is 0.324. The third-order valence-corrected chi connectivity index (χ3v) is 3.45. The fourth-order valence-corrected chi connectivity index (χ4v) is 2.23. The molecule has 2 rings (SSSR count). The Bertz CT molecular complexity index is 344. The minimum atomic E-state index is 0.324. The summed E-state index contributed by atoms with van der Waals surface area (Å²) < 4.78 is 2.51. The van der Waals surface area contributed by atoms with Crippen molar-refractivity contribution in [2.24, 2.45) is 0 Å². The molecule has 0 spiro atoms. The zero-order chi connectivity index (χ0) is 11.5. The van der Waals surface area contributed by atoms with Crippen molar-refractivity contribution in [3.05, 3.63) is 4.73 Å². The molecule has 0 atom stereocenters. The van der Waals surface area contributed by atoms with Crippen LogP contribution in [0.15, 0.2) is 4.73 Å². The van der Waals surface area contributed by atoms with Crippen LogP contribution in [0.3, 0.4) is 0 Å². The molecule has 0 bridgehead atoms. The van der Waals surface area contributed by atoms with Gasteiger partial charge in [-0.3, -0.25) is 4.90 Å². The second-order valence-corrected chi connectivity index (χ2v) is 4.82. The molecule has 0 aliphatic carbocycles. The Morgan fingerprint density at radius 1 is 1.25 bits per heavy atom. The largest absolute Gasteiger partial charge is 0.366 e. The van der Waals surface area contributed by atoms with Gasteiger partial charge in [0.2, 0.25) is 5.95 Å². The molecule has 1 aliphatic heterocycles. The minimum absolute atomic E-state index is 0.324. The molecule has 0 saturated carbocycles. The predicted octanol–water partition coefficient (Wildman–Crippen LogP) is -0.130. The first-order valence-corrected chi connectivity index (χ1v) is 6.21. The smallest absolute Gasteiger partial charge is 0.240 e. The molecule has 7 heteroatoms. The van der Waals surface area contributed by atoms with Crippen LogP contribution in [0.1, 0.15) is 0 Å². The van der Waals surface area contributed by atoms with Gasteiger partial charge in [-0.15, -0.1) is 5.10 Å². The topological polar surface area (TPSA) is 63.2 Å². The molecule has 6 nitrogen and oxygen atoms in total. The van der Waals surface area contributed by atoms with Crippen LogP contribution in [-0.2, 0) is 6.54 Å². The molecule has 1 aromatic heterocycles. The van der Waals surface area contributed by atoms with E-state index in [1.165, 1.54) is 0 Å². The summed E-state index contributed by atoms with van der Waals surface area (Å²) in [6.45, 7) is 6.35. The monoisotopic (exact) mass is 288 g/mol. The van der Waals surface area contributed by atoms with Crippen LogP contribution in [0.2, 0.25) is 0 Å². The van der Waals surface area contributed by atoms with Crippen LogP contribution in [0.4, 0.5) is 5.95 Å². The van der Waals surface area contributed by atoms with Gasteiger partial charge in [0.05, 0.1) is 6.54 Å². The maximum Gasteiger partial charge on any atom is 0.240 e. The number of nitrogens with two attached hydrogens (primary N) is 1. The second-order valence-electron chi connectivity index (χ2n) is 4.11. The summed E-state index contributed by atoms with van der Waals surface area (Å²) in [5, 5.41) is 4.11. The van der Waals surface area contributed by atoms with Gasteiger partial charge in [0.25, 0.3) is 0 Å². The molecule has 1 saturated heterocycles. The fraction of sp³-hybridized carbons (Fsp3) is 0.778. The molecule has 0 aromatic carbocycles. The molecule has 1 aromatic rings. The quantitative estimate of drug-likeness (QED) is 0.840. The van der Waals surface area contributed by atoms with Crippen molar-refractivity contribution in [3.63, 3.8) is 0 Å². The van der Waals surface area contributed by atoms with Gasteiger partial charge in [-0.2, -0.15) is 4.98 Å². The van der Waals surface area contributed by atoms with Crippen molar-refractivity contribution in [1.29, 1.82) is 0 Å². The Hall–Kier alpha value is -0.660. The van der Waals surface area contributed by atoms with E-state index >= 15 is 0 Å². The van der Waals surface area contributed by atoms with E-state index in [1.807, 2.05) is 0 Å². The lowest BCUT2D eigenvalue weighted by molar-refractivity contribution is 0.148. The van der Waals surface area contributed by atoms with E-state index in [1.54, 1.807) is 4.68 Å². The molecule has 0 amide bonds. The van der Waals surface area contributed by atoms with E-state index in [-0.39, 0.29) is 0 Å². The normalized spacial score (nSPS) is 19.1. The summed E-state index contributed by atoms with van der Waals surface area (Å²) in [6, 6.07) is 0. The molecule has 2 N–H and O–H groups in total. The highest BCUT2D eigenvalue weighted by atomic mass is 79.9. The number of aromatic nitrogens is 3. The number of rotatable bonds is 3. The molecule has 0 unspecified atom stereocenters. The lowest BCUT2D eigenvalue weighted by Gasteiger charge is -2.32. The highest BCUT2D eigenvalue weighted by Gasteiger charge is 2.14. The van der Waals surface area contributed by atoms with Crippen molar-refractivity contribution in [3.8, 4) is 0 Å². The lowest BCUT2D eigenvalue weighted by Crippen LogP contribution is -2.45. The Morgan fingerprint density at radius 2 is 1.94 bits per heavy atom. The Morgan fingerprint density at radius 3 is 2.50 bits per heavy atom. The average Bonchev–Trinajstić information content (AvgIpc) is 2.57. The van der Waals surface area contributed by atoms with Crippen LogP contribution < -0.4 is 5.73 Å². The predicted molar refractivity (Wildman–Crippen MR) is 66.1 cm³/mol. The zero-order valence-corrected chi connectivity index (χ0v) is 11.0. The first-order valence-electron chi connectivity index (χ1n) is 5.42. The average molecular weight is 289 g/mol. The van der Waals surface area contributed by atoms with Gasteiger partial charge in [0.15, 0.2) is 4.73 Å². The molecule has 1 fully saturated rings. The molecule has 90 valence electrons. The fourth-order valence-electron chi connectivity index (χ4n) is 1.79. The number of anilines is 1. The van der Waals surface area contributed by atoms with Gasteiger partial charge in [0.1, 0.15) is 0 Å². The van der Waals surface area contributed by atoms with Crippen molar-refractivity contribution in [2.75, 3.05) is 45.5 Å². The number of halogens is 1. The van der Waals surface area contributed by atoms with E-state index in [2.05, 4.69) is 42.9 Å². The van der Waals surface area contributed by atoms with Gasteiger partial charge >= 0.3 is 0 Å². The number of likely N-dealkylation sites (N-methyl/N-ethyl adjacent to an activating group) is 1. The minimum Gasteiger partial charge on any atom is -0.366 e. The van der Waals surface area contributed by atoms with Gasteiger partial charge in [0, 0.05) is 32.7 Å². The van der Waals surface area contributed by atoms with E-state index in [4.69, 9.17) is 5.73 Å². The summed E-state index contributed by atoms with van der Waals surface area (Å²) >= 11 is 3.33. The summed E-state index contributed by atoms with van der Waals surface area (Å²) in [5.41, 5.74) is 5.51. The highest BCUT2D eigenvalue weighted by Crippen LogP contribution is 2.08. The van der Waals surface area contributed by atoms with Crippen molar-refractivity contribution in [1.82, 2.24) is 24.6 Å². The number of hydrogen-bond donors (Lipinski definition) is 1. The third kappa shape index (κ3) is 2.93. The van der Waals surface area contributed by atoms with Gasteiger partial charge in [-0.1, -0.05) is 0 Å². The van der Waals surface area contributed by atoms with Crippen LogP contribution >= 0.6 is 15.9 Å². The number of nitrogens with zero attached hydrogens (tertiary/aromatic N) is 5. The van der Waals surface area contributed by atoms with E-state index in [0.29, 0.717) is 10.7 Å². The summed E-state index contributed by atoms with van der Waals surface area (Å²) in [4.78, 5) is 8.79. The van der Waals surface area contributed by atoms with Gasteiger partial charge in [-0.05, 0) is 23.0 Å². The lowest BCUT2D eigenvalue weighted by atomic mass is 10.3. The SMILES string of the molecule is CN1CCN(CCn2nc(N)nc2Br)CC1. The van der Waals surface area contributed by atoms with E-state index in [0.717, 1.165) is 39.3 Å². The number of hydrogen-bond acceptors (Lipinski definition) is 5. The molecule has 1 aliphatic rings. The number of nitrogen functional groups attached to an aromatic ring is 1. The zero-order valence-electron chi connectivity index (χ0n) is 9.43. The first-order chi connectivity index (χ1) is 7.65. The van der Waals surface area contributed by atoms with E-state index in [9.17, 15) is 0 Å². The number of piperazine rings is 1. The summed E-state index contributed by atoms with van der Waals surface area (Å²) in [7, 11) is 2.16. The second kappa shape index (κ2) is 5.11. The molecular weight excluding hydrogens is 272 g/mol. The highest BCUT2D eigenvalue weighted by molar-refractivity contribution is 9.10. The van der Waals surface area contributed by atoms with Crippen LogP contribution in [-0.4, -0.2) is 64.3 Å². The Kier molecular flexibility index (Phi) is 3.78. The maximum absolute atomic E-state index is 5.51. The molecule has 0 radical (unpaired) electrons. The third-order valence-electron chi connectivity index (χ3n) is 2.87. The van der Waals surface area contributed by atoms with Crippen LogP contribution in [0, 0.1) is 0 Å². The van der Waals surface area contributed by atoms with Crippen molar-refractivity contribution in [2.45, 2.75) is 6.54 Å². The van der Waals surface area contributed by atoms with Crippen molar-refractivity contribution < 1.29 is 0 Å². The molecular formula is C9H17BrN6. The first kappa shape index (κ1) is 11.8. The van der Waals surface area contributed by atoms with E-state index < -0.39 is 0 Å². The standard InChI is InChI=1S/C9H17BrN6/c1-14-2-4-15(5-3-14)6-7-16-8(10)12-9(11)13-16/h2-7H2,1H3,(H2,11,13).